The molecular formula is C28H31N5O6S. The summed E-state index contributed by atoms with van der Waals surface area (Å²) in [4.78, 5) is 17.1. The molecule has 0 unspecified atom stereocenters. The fourth-order valence-electron chi connectivity index (χ4n) is 4.20. The molecule has 0 saturated heterocycles. The van der Waals surface area contributed by atoms with Gasteiger partial charge in [0.25, 0.3) is 5.88 Å². The summed E-state index contributed by atoms with van der Waals surface area (Å²) in [5.74, 6) is 0.218. The minimum Gasteiger partial charge on any atom is -0.493 e. The maximum Gasteiger partial charge on any atom is 0.263 e. The topological polar surface area (TPSA) is 146 Å². The Morgan fingerprint density at radius 1 is 0.925 bits per heavy atom. The SMILES string of the molecule is COc1ccccc1Oc1c(NS(=O)(=O)CCc2c(C)cc(C)cc2C)nc(-c2ncccn2)nc1OCCO. The van der Waals surface area contributed by atoms with Gasteiger partial charge in [0.2, 0.25) is 21.6 Å². The molecule has 210 valence electrons. The van der Waals surface area contributed by atoms with E-state index in [0.717, 1.165) is 22.3 Å². The Kier molecular flexibility index (Phi) is 9.12. The summed E-state index contributed by atoms with van der Waals surface area (Å²) in [6.07, 6.45) is 3.31. The van der Waals surface area contributed by atoms with Gasteiger partial charge >= 0.3 is 0 Å². The predicted octanol–water partition coefficient (Wildman–Crippen LogP) is 4.02. The zero-order chi connectivity index (χ0) is 28.7. The first-order valence-electron chi connectivity index (χ1n) is 12.5. The van der Waals surface area contributed by atoms with Gasteiger partial charge in [0.1, 0.15) is 6.61 Å². The summed E-state index contributed by atoms with van der Waals surface area (Å²) in [7, 11) is -2.46. The lowest BCUT2D eigenvalue weighted by atomic mass is 9.98. The van der Waals surface area contributed by atoms with E-state index >= 15 is 0 Å². The molecule has 0 spiro atoms. The Morgan fingerprint density at radius 3 is 2.25 bits per heavy atom. The largest absolute Gasteiger partial charge is 0.493 e. The van der Waals surface area contributed by atoms with E-state index in [-0.39, 0.29) is 53.8 Å². The molecule has 40 heavy (non-hydrogen) atoms. The average Bonchev–Trinajstić information content (AvgIpc) is 2.93. The van der Waals surface area contributed by atoms with Crippen molar-refractivity contribution in [2.45, 2.75) is 27.2 Å². The Bertz CT molecular complexity index is 1560. The van der Waals surface area contributed by atoms with Crippen molar-refractivity contribution >= 4 is 15.8 Å². The van der Waals surface area contributed by atoms with Crippen LogP contribution in [0, 0.1) is 20.8 Å². The van der Waals surface area contributed by atoms with Gasteiger partial charge in [-0.2, -0.15) is 4.98 Å². The average molecular weight is 566 g/mol. The zero-order valence-electron chi connectivity index (χ0n) is 22.7. The molecule has 0 radical (unpaired) electrons. The molecular weight excluding hydrogens is 534 g/mol. The third kappa shape index (κ3) is 7.01. The summed E-state index contributed by atoms with van der Waals surface area (Å²) in [6, 6.07) is 12.5. The highest BCUT2D eigenvalue weighted by Crippen LogP contribution is 2.41. The second-order valence-electron chi connectivity index (χ2n) is 8.98. The van der Waals surface area contributed by atoms with Gasteiger partial charge in [-0.05, 0) is 62.1 Å². The Labute approximate surface area is 233 Å². The highest BCUT2D eigenvalue weighted by atomic mass is 32.2. The van der Waals surface area contributed by atoms with Crippen LogP contribution in [0.15, 0.2) is 54.9 Å². The lowest BCUT2D eigenvalue weighted by Crippen LogP contribution is -2.21. The van der Waals surface area contributed by atoms with Crippen LogP contribution in [0.5, 0.6) is 23.1 Å². The van der Waals surface area contributed by atoms with Gasteiger partial charge in [-0.15, -0.1) is 0 Å². The van der Waals surface area contributed by atoms with Crippen molar-refractivity contribution < 1.29 is 27.7 Å². The van der Waals surface area contributed by atoms with E-state index < -0.39 is 10.0 Å². The molecule has 0 aliphatic rings. The van der Waals surface area contributed by atoms with E-state index in [2.05, 4.69) is 24.7 Å². The van der Waals surface area contributed by atoms with E-state index in [1.807, 2.05) is 32.9 Å². The van der Waals surface area contributed by atoms with Crippen LogP contribution < -0.4 is 18.9 Å². The molecule has 0 saturated carbocycles. The molecule has 0 aliphatic heterocycles. The molecule has 0 aliphatic carbocycles. The predicted molar refractivity (Wildman–Crippen MR) is 150 cm³/mol. The summed E-state index contributed by atoms with van der Waals surface area (Å²) >= 11 is 0. The molecule has 12 heteroatoms. The lowest BCUT2D eigenvalue weighted by molar-refractivity contribution is 0.192. The number of sulfonamides is 1. The number of para-hydroxylation sites is 2. The zero-order valence-corrected chi connectivity index (χ0v) is 23.5. The van der Waals surface area contributed by atoms with Crippen molar-refractivity contribution in [1.82, 2.24) is 19.9 Å². The number of rotatable bonds is 12. The minimum absolute atomic E-state index is 0.00356. The highest BCUT2D eigenvalue weighted by molar-refractivity contribution is 7.92. The number of methoxy groups -OCH3 is 1. The molecule has 2 aromatic heterocycles. The Balaban J connectivity index is 1.77. The van der Waals surface area contributed by atoms with Gasteiger partial charge in [-0.3, -0.25) is 4.72 Å². The van der Waals surface area contributed by atoms with Gasteiger partial charge in [0.05, 0.1) is 19.5 Å². The van der Waals surface area contributed by atoms with Gasteiger partial charge in [-0.1, -0.05) is 29.8 Å². The van der Waals surface area contributed by atoms with Crippen LogP contribution in [0.3, 0.4) is 0 Å². The van der Waals surface area contributed by atoms with Crippen molar-refractivity contribution in [3.05, 3.63) is 77.1 Å². The molecule has 2 N–H and O–H groups in total. The third-order valence-corrected chi connectivity index (χ3v) is 7.17. The first-order chi connectivity index (χ1) is 19.2. The van der Waals surface area contributed by atoms with Crippen molar-refractivity contribution in [2.75, 3.05) is 30.8 Å². The number of ether oxygens (including phenoxy) is 3. The monoisotopic (exact) mass is 565 g/mol. The van der Waals surface area contributed by atoms with Crippen molar-refractivity contribution in [3.63, 3.8) is 0 Å². The first kappa shape index (κ1) is 28.7. The Morgan fingerprint density at radius 2 is 1.60 bits per heavy atom. The second-order valence-corrected chi connectivity index (χ2v) is 10.8. The van der Waals surface area contributed by atoms with Crippen LogP contribution in [-0.4, -0.2) is 59.5 Å². The van der Waals surface area contributed by atoms with Crippen molar-refractivity contribution in [2.24, 2.45) is 0 Å². The highest BCUT2D eigenvalue weighted by Gasteiger charge is 2.25. The fraction of sp³-hybridized carbons (Fsp3) is 0.286. The second kappa shape index (κ2) is 12.7. The fourth-order valence-corrected chi connectivity index (χ4v) is 5.21. The quantitative estimate of drug-likeness (QED) is 0.258. The molecule has 11 nitrogen and oxygen atoms in total. The summed E-state index contributed by atoms with van der Waals surface area (Å²) in [5.41, 5.74) is 4.13. The van der Waals surface area contributed by atoms with Crippen LogP contribution in [0.25, 0.3) is 11.6 Å². The van der Waals surface area contributed by atoms with Gasteiger partial charge in [0, 0.05) is 12.4 Å². The van der Waals surface area contributed by atoms with E-state index in [1.165, 1.54) is 19.5 Å². The normalized spacial score (nSPS) is 11.2. The summed E-state index contributed by atoms with van der Waals surface area (Å²) < 4.78 is 46.5. The molecule has 4 aromatic rings. The van der Waals surface area contributed by atoms with Crippen LogP contribution in [-0.2, 0) is 16.4 Å². The van der Waals surface area contributed by atoms with Crippen LogP contribution >= 0.6 is 0 Å². The number of hydrogen-bond donors (Lipinski definition) is 2. The smallest absolute Gasteiger partial charge is 0.263 e. The minimum atomic E-state index is -3.94. The van der Waals surface area contributed by atoms with Crippen molar-refractivity contribution in [3.8, 4) is 34.8 Å². The molecule has 0 fully saturated rings. The molecule has 0 bridgehead atoms. The van der Waals surface area contributed by atoms with E-state index in [9.17, 15) is 13.5 Å². The standard InChI is InChI=1S/C28H31N5O6S/c1-18-16-19(2)21(20(3)17-18)10-15-40(35,36)33-25-24(39-23-9-6-5-8-22(23)37-4)28(38-14-13-34)32-27(31-25)26-29-11-7-12-30-26/h5-9,11-12,16-17,34H,10,13-15H2,1-4H3,(H,31,32,33). The number of aliphatic hydroxyl groups is 1. The van der Waals surface area contributed by atoms with Gasteiger partial charge in [0.15, 0.2) is 23.1 Å². The van der Waals surface area contributed by atoms with Gasteiger partial charge < -0.3 is 19.3 Å². The molecule has 2 heterocycles. The summed E-state index contributed by atoms with van der Waals surface area (Å²) in [5, 5.41) is 9.41. The number of aliphatic hydroxyl groups excluding tert-OH is 1. The number of benzene rings is 2. The van der Waals surface area contributed by atoms with Crippen molar-refractivity contribution in [1.29, 1.82) is 0 Å². The van der Waals surface area contributed by atoms with E-state index in [1.54, 1.807) is 30.3 Å². The maximum atomic E-state index is 13.4. The molecule has 0 amide bonds. The number of anilines is 1. The van der Waals surface area contributed by atoms with Crippen LogP contribution in [0.2, 0.25) is 0 Å². The molecule has 0 atom stereocenters. The third-order valence-electron chi connectivity index (χ3n) is 5.92. The first-order valence-corrected chi connectivity index (χ1v) is 14.2. The number of nitrogens with one attached hydrogen (secondary N) is 1. The molecule has 2 aromatic carbocycles. The Hall–Kier alpha value is -4.29. The van der Waals surface area contributed by atoms with Gasteiger partial charge in [-0.25, -0.2) is 23.4 Å². The number of aryl methyl sites for hydroxylation is 3. The number of aromatic nitrogens is 4. The molecule has 4 rings (SSSR count). The maximum absolute atomic E-state index is 13.4. The number of hydrogen-bond acceptors (Lipinski definition) is 10. The number of nitrogens with zero attached hydrogens (tertiary/aromatic N) is 4. The van der Waals surface area contributed by atoms with E-state index in [4.69, 9.17) is 14.2 Å². The lowest BCUT2D eigenvalue weighted by Gasteiger charge is -2.18. The summed E-state index contributed by atoms with van der Waals surface area (Å²) in [6.45, 7) is 5.49. The van der Waals surface area contributed by atoms with Crippen LogP contribution in [0.4, 0.5) is 5.82 Å². The van der Waals surface area contributed by atoms with E-state index in [0.29, 0.717) is 12.2 Å². The van der Waals surface area contributed by atoms with Crippen LogP contribution in [0.1, 0.15) is 22.3 Å².